The van der Waals surface area contributed by atoms with E-state index in [-0.39, 0.29) is 12.8 Å². The molecule has 2 N–H and O–H groups in total. The molecule has 1 fully saturated rings. The fourth-order valence-electron chi connectivity index (χ4n) is 2.40. The van der Waals surface area contributed by atoms with Gasteiger partial charge in [0, 0.05) is 18.4 Å². The first kappa shape index (κ1) is 13.2. The lowest BCUT2D eigenvalue weighted by molar-refractivity contribution is -0.0460. The Kier molecular flexibility index (Phi) is 3.53. The SMILES string of the molecule is C/C(=C/c1ccccc1)C1(N)CCC(F)(F)CC1. The summed E-state index contributed by atoms with van der Waals surface area (Å²) in [6, 6.07) is 9.84. The second-order valence-corrected chi connectivity index (χ2v) is 5.25. The molecular formula is C15H19F2N. The Morgan fingerprint density at radius 3 is 2.22 bits per heavy atom. The van der Waals surface area contributed by atoms with Gasteiger partial charge in [0.2, 0.25) is 5.92 Å². The van der Waals surface area contributed by atoms with Crippen molar-refractivity contribution in [3.63, 3.8) is 0 Å². The van der Waals surface area contributed by atoms with Crippen molar-refractivity contribution in [3.8, 4) is 0 Å². The van der Waals surface area contributed by atoms with Crippen molar-refractivity contribution < 1.29 is 8.78 Å². The van der Waals surface area contributed by atoms with Crippen LogP contribution >= 0.6 is 0 Å². The zero-order chi connectivity index (χ0) is 13.2. The molecule has 1 aromatic rings. The van der Waals surface area contributed by atoms with Crippen LogP contribution in [0, 0.1) is 0 Å². The summed E-state index contributed by atoms with van der Waals surface area (Å²) in [5.41, 5.74) is 7.75. The van der Waals surface area contributed by atoms with Crippen molar-refractivity contribution in [1.82, 2.24) is 0 Å². The summed E-state index contributed by atoms with van der Waals surface area (Å²) in [7, 11) is 0. The number of nitrogens with two attached hydrogens (primary N) is 1. The molecule has 0 amide bonds. The van der Waals surface area contributed by atoms with E-state index in [4.69, 9.17) is 5.73 Å². The first-order valence-electron chi connectivity index (χ1n) is 6.32. The molecule has 1 nitrogen and oxygen atoms in total. The van der Waals surface area contributed by atoms with Gasteiger partial charge in [0.1, 0.15) is 0 Å². The van der Waals surface area contributed by atoms with E-state index < -0.39 is 11.5 Å². The first-order chi connectivity index (χ1) is 8.41. The normalized spacial score (nSPS) is 22.8. The van der Waals surface area contributed by atoms with Crippen LogP contribution in [-0.2, 0) is 0 Å². The zero-order valence-corrected chi connectivity index (χ0v) is 10.6. The smallest absolute Gasteiger partial charge is 0.248 e. The van der Waals surface area contributed by atoms with Crippen molar-refractivity contribution in [3.05, 3.63) is 41.5 Å². The second-order valence-electron chi connectivity index (χ2n) is 5.25. The van der Waals surface area contributed by atoms with Crippen LogP contribution in [0.15, 0.2) is 35.9 Å². The number of benzene rings is 1. The summed E-state index contributed by atoms with van der Waals surface area (Å²) in [5.74, 6) is -2.53. The molecule has 1 aliphatic rings. The molecule has 0 bridgehead atoms. The average Bonchev–Trinajstić information content (AvgIpc) is 2.35. The summed E-state index contributed by atoms with van der Waals surface area (Å²) >= 11 is 0. The first-order valence-corrected chi connectivity index (χ1v) is 6.32. The van der Waals surface area contributed by atoms with E-state index in [0.29, 0.717) is 12.8 Å². The maximum Gasteiger partial charge on any atom is 0.248 e. The van der Waals surface area contributed by atoms with Crippen LogP contribution in [0.25, 0.3) is 6.08 Å². The van der Waals surface area contributed by atoms with Gasteiger partial charge in [-0.1, -0.05) is 42.0 Å². The average molecular weight is 251 g/mol. The molecule has 1 aliphatic carbocycles. The monoisotopic (exact) mass is 251 g/mol. The molecule has 1 saturated carbocycles. The molecule has 3 heteroatoms. The van der Waals surface area contributed by atoms with Crippen LogP contribution in [0.2, 0.25) is 0 Å². The van der Waals surface area contributed by atoms with E-state index in [1.54, 1.807) is 0 Å². The van der Waals surface area contributed by atoms with Gasteiger partial charge in [0.15, 0.2) is 0 Å². The van der Waals surface area contributed by atoms with E-state index in [9.17, 15) is 8.78 Å². The minimum atomic E-state index is -2.53. The number of rotatable bonds is 2. The van der Waals surface area contributed by atoms with Gasteiger partial charge in [0.25, 0.3) is 0 Å². The second kappa shape index (κ2) is 4.81. The molecule has 1 aromatic carbocycles. The van der Waals surface area contributed by atoms with Crippen LogP contribution in [0.4, 0.5) is 8.78 Å². The maximum atomic E-state index is 13.2. The minimum absolute atomic E-state index is 0.108. The van der Waals surface area contributed by atoms with E-state index in [2.05, 4.69) is 0 Å². The highest BCUT2D eigenvalue weighted by Crippen LogP contribution is 2.40. The highest BCUT2D eigenvalue weighted by Gasteiger charge is 2.41. The van der Waals surface area contributed by atoms with E-state index in [0.717, 1.165) is 11.1 Å². The highest BCUT2D eigenvalue weighted by molar-refractivity contribution is 5.54. The Labute approximate surface area is 107 Å². The number of hydrogen-bond donors (Lipinski definition) is 1. The van der Waals surface area contributed by atoms with Crippen LogP contribution < -0.4 is 5.73 Å². The molecule has 0 spiro atoms. The van der Waals surface area contributed by atoms with E-state index in [1.165, 1.54) is 0 Å². The maximum absolute atomic E-state index is 13.2. The molecule has 18 heavy (non-hydrogen) atoms. The van der Waals surface area contributed by atoms with Gasteiger partial charge < -0.3 is 5.73 Å². The Hall–Kier alpha value is -1.22. The molecule has 0 atom stereocenters. The Bertz CT molecular complexity index is 427. The Morgan fingerprint density at radius 1 is 1.11 bits per heavy atom. The molecule has 0 heterocycles. The predicted molar refractivity (Wildman–Crippen MR) is 70.4 cm³/mol. The molecule has 2 rings (SSSR count). The molecule has 0 unspecified atom stereocenters. The van der Waals surface area contributed by atoms with Crippen molar-refractivity contribution in [2.24, 2.45) is 5.73 Å². The molecule has 0 aliphatic heterocycles. The summed E-state index contributed by atoms with van der Waals surface area (Å²) in [5, 5.41) is 0. The molecule has 0 radical (unpaired) electrons. The summed E-state index contributed by atoms with van der Waals surface area (Å²) in [6.07, 6.45) is 2.50. The summed E-state index contributed by atoms with van der Waals surface area (Å²) < 4.78 is 26.3. The lowest BCUT2D eigenvalue weighted by Gasteiger charge is -2.38. The largest absolute Gasteiger partial charge is 0.322 e. The summed E-state index contributed by atoms with van der Waals surface area (Å²) in [4.78, 5) is 0. The molecule has 0 aromatic heterocycles. The fourth-order valence-corrected chi connectivity index (χ4v) is 2.40. The number of halogens is 2. The lowest BCUT2D eigenvalue weighted by Crippen LogP contribution is -2.47. The van der Waals surface area contributed by atoms with E-state index in [1.807, 2.05) is 43.3 Å². The van der Waals surface area contributed by atoms with Crippen molar-refractivity contribution in [2.45, 2.75) is 44.1 Å². The standard InChI is InChI=1S/C15H19F2N/c1-12(11-13-5-3-2-4-6-13)14(18)7-9-15(16,17)10-8-14/h2-6,11H,7-10,18H2,1H3/b12-11-. The Morgan fingerprint density at radius 2 is 1.67 bits per heavy atom. The predicted octanol–water partition coefficient (Wildman–Crippen LogP) is 4.00. The van der Waals surface area contributed by atoms with Crippen LogP contribution in [-0.4, -0.2) is 11.5 Å². The highest BCUT2D eigenvalue weighted by atomic mass is 19.3. The zero-order valence-electron chi connectivity index (χ0n) is 10.6. The van der Waals surface area contributed by atoms with Gasteiger partial charge in [0.05, 0.1) is 0 Å². The summed E-state index contributed by atoms with van der Waals surface area (Å²) in [6.45, 7) is 1.94. The van der Waals surface area contributed by atoms with E-state index >= 15 is 0 Å². The topological polar surface area (TPSA) is 26.0 Å². The molecule has 0 saturated heterocycles. The van der Waals surface area contributed by atoms with Gasteiger partial charge in [-0.05, 0) is 25.3 Å². The third-order valence-electron chi connectivity index (χ3n) is 3.84. The van der Waals surface area contributed by atoms with Crippen molar-refractivity contribution in [1.29, 1.82) is 0 Å². The number of hydrogen-bond acceptors (Lipinski definition) is 1. The lowest BCUT2D eigenvalue weighted by atomic mass is 9.76. The fraction of sp³-hybridized carbons (Fsp3) is 0.467. The third-order valence-corrected chi connectivity index (χ3v) is 3.84. The minimum Gasteiger partial charge on any atom is -0.322 e. The van der Waals surface area contributed by atoms with Crippen LogP contribution in [0.1, 0.15) is 38.2 Å². The van der Waals surface area contributed by atoms with Gasteiger partial charge in [-0.3, -0.25) is 0 Å². The molecule has 98 valence electrons. The van der Waals surface area contributed by atoms with Gasteiger partial charge in [-0.25, -0.2) is 8.78 Å². The quantitative estimate of drug-likeness (QED) is 0.844. The number of alkyl halides is 2. The third kappa shape index (κ3) is 2.96. The van der Waals surface area contributed by atoms with Gasteiger partial charge in [-0.15, -0.1) is 0 Å². The van der Waals surface area contributed by atoms with Gasteiger partial charge >= 0.3 is 0 Å². The van der Waals surface area contributed by atoms with Crippen LogP contribution in [0.3, 0.4) is 0 Å². The molecular weight excluding hydrogens is 232 g/mol. The van der Waals surface area contributed by atoms with Crippen LogP contribution in [0.5, 0.6) is 0 Å². The van der Waals surface area contributed by atoms with Crippen molar-refractivity contribution in [2.75, 3.05) is 0 Å². The van der Waals surface area contributed by atoms with Crippen molar-refractivity contribution >= 4 is 6.08 Å². The van der Waals surface area contributed by atoms with Gasteiger partial charge in [-0.2, -0.15) is 0 Å². The Balaban J connectivity index is 2.14.